The first-order valence-corrected chi connectivity index (χ1v) is 12.6. The Morgan fingerprint density at radius 2 is 1.59 bits per heavy atom. The molecular weight excluding hydrogens is 462 g/mol. The quantitative estimate of drug-likeness (QED) is 0.362. The van der Waals surface area contributed by atoms with E-state index in [4.69, 9.17) is 4.74 Å². The van der Waals surface area contributed by atoms with Gasteiger partial charge in [0.05, 0.1) is 13.2 Å². The predicted octanol–water partition coefficient (Wildman–Crippen LogP) is 6.54. The third kappa shape index (κ3) is 7.59. The molecule has 2 amide bonds. The number of benzene rings is 3. The van der Waals surface area contributed by atoms with Gasteiger partial charge in [-0.05, 0) is 65.9 Å². The van der Waals surface area contributed by atoms with Crippen molar-refractivity contribution in [1.29, 1.82) is 0 Å². The molecule has 0 aliphatic carbocycles. The highest BCUT2D eigenvalue weighted by Crippen LogP contribution is 2.30. The standard InChI is InChI=1S/C31H39N3O3/c1-22(23-11-9-8-10-12-23)34(30(36)24-13-16-27(37-7)17-14-24)21-25-19-26(15-18-28(25)33(5)6)32-29(35)20-31(2,3)4/h8-19,22H,20-21H2,1-7H3,(H,32,35). The first-order chi connectivity index (χ1) is 17.5. The summed E-state index contributed by atoms with van der Waals surface area (Å²) in [5, 5.41) is 3.04. The van der Waals surface area contributed by atoms with Gasteiger partial charge in [-0.1, -0.05) is 51.1 Å². The van der Waals surface area contributed by atoms with Crippen molar-refractivity contribution in [2.75, 3.05) is 31.4 Å². The third-order valence-corrected chi connectivity index (χ3v) is 6.22. The fraction of sp³-hybridized carbons (Fsp3) is 0.355. The zero-order chi connectivity index (χ0) is 27.2. The normalized spacial score (nSPS) is 12.0. The Morgan fingerprint density at radius 1 is 0.946 bits per heavy atom. The van der Waals surface area contributed by atoms with Crippen molar-refractivity contribution in [1.82, 2.24) is 4.90 Å². The highest BCUT2D eigenvalue weighted by Gasteiger charge is 2.25. The van der Waals surface area contributed by atoms with Gasteiger partial charge in [0, 0.05) is 44.0 Å². The van der Waals surface area contributed by atoms with E-state index >= 15 is 0 Å². The Kier molecular flexibility index (Phi) is 8.98. The Morgan fingerprint density at radius 3 is 2.16 bits per heavy atom. The lowest BCUT2D eigenvalue weighted by atomic mass is 9.92. The minimum atomic E-state index is -0.176. The summed E-state index contributed by atoms with van der Waals surface area (Å²) in [6.45, 7) is 8.54. The van der Waals surface area contributed by atoms with Crippen LogP contribution in [0.5, 0.6) is 5.75 Å². The SMILES string of the molecule is COc1ccc(C(=O)N(Cc2cc(NC(=O)CC(C)(C)C)ccc2N(C)C)C(C)c2ccccc2)cc1. The number of carbonyl (C=O) groups excluding carboxylic acids is 2. The molecule has 0 saturated heterocycles. The van der Waals surface area contributed by atoms with Crippen LogP contribution in [0.15, 0.2) is 72.8 Å². The number of ether oxygens (including phenoxy) is 1. The van der Waals surface area contributed by atoms with Gasteiger partial charge in [-0.15, -0.1) is 0 Å². The Bertz CT molecular complexity index is 1200. The molecule has 6 nitrogen and oxygen atoms in total. The summed E-state index contributed by atoms with van der Waals surface area (Å²) in [5.41, 5.74) is 4.18. The van der Waals surface area contributed by atoms with Gasteiger partial charge in [-0.3, -0.25) is 9.59 Å². The number of nitrogens with one attached hydrogen (secondary N) is 1. The highest BCUT2D eigenvalue weighted by molar-refractivity contribution is 5.95. The monoisotopic (exact) mass is 501 g/mol. The molecule has 3 rings (SSSR count). The molecule has 1 atom stereocenters. The number of carbonyl (C=O) groups is 2. The van der Waals surface area contributed by atoms with Crippen molar-refractivity contribution in [2.24, 2.45) is 5.41 Å². The molecule has 3 aromatic rings. The van der Waals surface area contributed by atoms with Crippen molar-refractivity contribution in [3.63, 3.8) is 0 Å². The summed E-state index contributed by atoms with van der Waals surface area (Å²) in [5.74, 6) is 0.596. The van der Waals surface area contributed by atoms with E-state index in [0.717, 1.165) is 22.5 Å². The molecule has 37 heavy (non-hydrogen) atoms. The molecular formula is C31H39N3O3. The van der Waals surface area contributed by atoms with Gasteiger partial charge in [0.2, 0.25) is 5.91 Å². The van der Waals surface area contributed by atoms with Crippen molar-refractivity contribution >= 4 is 23.2 Å². The minimum Gasteiger partial charge on any atom is -0.497 e. The first-order valence-electron chi connectivity index (χ1n) is 12.6. The first kappa shape index (κ1) is 27.8. The fourth-order valence-electron chi connectivity index (χ4n) is 4.29. The number of anilines is 2. The predicted molar refractivity (Wildman–Crippen MR) is 151 cm³/mol. The summed E-state index contributed by atoms with van der Waals surface area (Å²) in [6.07, 6.45) is 0.422. The van der Waals surface area contributed by atoms with E-state index in [1.807, 2.05) is 100 Å². The number of methoxy groups -OCH3 is 1. The number of rotatable bonds is 9. The van der Waals surface area contributed by atoms with Crippen LogP contribution in [0.3, 0.4) is 0 Å². The maximum absolute atomic E-state index is 13.9. The second-order valence-corrected chi connectivity index (χ2v) is 10.8. The number of amides is 2. The molecule has 1 N–H and O–H groups in total. The lowest BCUT2D eigenvalue weighted by molar-refractivity contribution is -0.117. The Labute approximate surface area is 221 Å². The average Bonchev–Trinajstić information content (AvgIpc) is 2.86. The number of hydrogen-bond acceptors (Lipinski definition) is 4. The molecule has 0 bridgehead atoms. The topological polar surface area (TPSA) is 61.9 Å². The molecule has 196 valence electrons. The molecule has 0 heterocycles. The lowest BCUT2D eigenvalue weighted by Gasteiger charge is -2.32. The van der Waals surface area contributed by atoms with E-state index in [1.54, 1.807) is 31.4 Å². The van der Waals surface area contributed by atoms with Crippen molar-refractivity contribution in [2.45, 2.75) is 46.7 Å². The van der Waals surface area contributed by atoms with Gasteiger partial charge in [-0.25, -0.2) is 0 Å². The molecule has 0 aromatic heterocycles. The van der Waals surface area contributed by atoms with Gasteiger partial charge < -0.3 is 19.9 Å². The minimum absolute atomic E-state index is 0.0279. The van der Waals surface area contributed by atoms with E-state index in [1.165, 1.54) is 0 Å². The fourth-order valence-corrected chi connectivity index (χ4v) is 4.29. The van der Waals surface area contributed by atoms with Gasteiger partial charge in [0.25, 0.3) is 5.91 Å². The Balaban J connectivity index is 1.99. The van der Waals surface area contributed by atoms with E-state index in [2.05, 4.69) is 5.32 Å². The van der Waals surface area contributed by atoms with Crippen molar-refractivity contribution < 1.29 is 14.3 Å². The molecule has 0 spiro atoms. The van der Waals surface area contributed by atoms with E-state index in [-0.39, 0.29) is 23.3 Å². The summed E-state index contributed by atoms with van der Waals surface area (Å²) in [6, 6.07) is 22.9. The van der Waals surface area contributed by atoms with Crippen molar-refractivity contribution in [3.05, 3.63) is 89.5 Å². The highest BCUT2D eigenvalue weighted by atomic mass is 16.5. The van der Waals surface area contributed by atoms with Crippen LogP contribution >= 0.6 is 0 Å². The maximum atomic E-state index is 13.9. The van der Waals surface area contributed by atoms with Crippen LogP contribution in [0.4, 0.5) is 11.4 Å². The zero-order valence-electron chi connectivity index (χ0n) is 23.0. The molecule has 0 aliphatic heterocycles. The van der Waals surface area contributed by atoms with Crippen LogP contribution < -0.4 is 15.0 Å². The Hall–Kier alpha value is -3.80. The summed E-state index contributed by atoms with van der Waals surface area (Å²) < 4.78 is 5.27. The van der Waals surface area contributed by atoms with E-state index in [9.17, 15) is 9.59 Å². The molecule has 1 unspecified atom stereocenters. The number of hydrogen-bond donors (Lipinski definition) is 1. The maximum Gasteiger partial charge on any atom is 0.254 e. The summed E-state index contributed by atoms with van der Waals surface area (Å²) in [7, 11) is 5.57. The van der Waals surface area contributed by atoms with E-state index < -0.39 is 0 Å². The molecule has 0 aliphatic rings. The molecule has 0 fully saturated rings. The van der Waals surface area contributed by atoms with Crippen molar-refractivity contribution in [3.8, 4) is 5.75 Å². The molecule has 0 radical (unpaired) electrons. The summed E-state index contributed by atoms with van der Waals surface area (Å²) >= 11 is 0. The van der Waals surface area contributed by atoms with Crippen LogP contribution in [0.2, 0.25) is 0 Å². The second-order valence-electron chi connectivity index (χ2n) is 10.8. The number of nitrogens with zero attached hydrogens (tertiary/aromatic N) is 2. The largest absolute Gasteiger partial charge is 0.497 e. The van der Waals surface area contributed by atoms with Gasteiger partial charge in [0.15, 0.2) is 0 Å². The summed E-state index contributed by atoms with van der Waals surface area (Å²) in [4.78, 5) is 30.4. The van der Waals surface area contributed by atoms with E-state index in [0.29, 0.717) is 24.3 Å². The van der Waals surface area contributed by atoms with Gasteiger partial charge >= 0.3 is 0 Å². The lowest BCUT2D eigenvalue weighted by Crippen LogP contribution is -2.33. The molecule has 3 aromatic carbocycles. The zero-order valence-corrected chi connectivity index (χ0v) is 23.0. The molecule has 0 saturated carbocycles. The van der Waals surface area contributed by atoms with Crippen LogP contribution in [-0.4, -0.2) is 37.9 Å². The van der Waals surface area contributed by atoms with Crippen LogP contribution in [0.1, 0.15) is 61.6 Å². The second kappa shape index (κ2) is 12.0. The van der Waals surface area contributed by atoms with Crippen LogP contribution in [0.25, 0.3) is 0 Å². The van der Waals surface area contributed by atoms with Crippen LogP contribution in [-0.2, 0) is 11.3 Å². The van der Waals surface area contributed by atoms with Gasteiger partial charge in [-0.2, -0.15) is 0 Å². The smallest absolute Gasteiger partial charge is 0.254 e. The van der Waals surface area contributed by atoms with Gasteiger partial charge in [0.1, 0.15) is 5.75 Å². The average molecular weight is 502 g/mol. The third-order valence-electron chi connectivity index (χ3n) is 6.22. The molecule has 6 heteroatoms. The van der Waals surface area contributed by atoms with Crippen LogP contribution in [0, 0.1) is 5.41 Å².